The Balaban J connectivity index is 1.20. The van der Waals surface area contributed by atoms with E-state index in [1.807, 2.05) is 31.2 Å². The average molecular weight is 668 g/mol. The summed E-state index contributed by atoms with van der Waals surface area (Å²) in [5, 5.41) is 9.45. The molecule has 5 aromatic carbocycles. The second-order valence-electron chi connectivity index (χ2n) is 13.4. The zero-order valence-corrected chi connectivity index (χ0v) is 29.4. The Kier molecular flexibility index (Phi) is 12.1. The van der Waals surface area contributed by atoms with Gasteiger partial charge >= 0.3 is 5.97 Å². The first kappa shape index (κ1) is 35.1. The van der Waals surface area contributed by atoms with Crippen LogP contribution in [0.4, 0.5) is 0 Å². The van der Waals surface area contributed by atoms with Crippen molar-refractivity contribution in [2.45, 2.75) is 64.0 Å². The summed E-state index contributed by atoms with van der Waals surface area (Å²) in [6.07, 6.45) is 5.68. The number of carboxylic acids is 1. The lowest BCUT2D eigenvalue weighted by Crippen LogP contribution is -2.30. The predicted octanol–water partition coefficient (Wildman–Crippen LogP) is 8.49. The zero-order chi connectivity index (χ0) is 34.7. The van der Waals surface area contributed by atoms with E-state index in [0.717, 1.165) is 56.4 Å². The maximum absolute atomic E-state index is 11.5. The molecule has 1 aliphatic carbocycles. The number of aliphatic carboxylic acids is 1. The van der Waals surface area contributed by atoms with Crippen LogP contribution in [0.3, 0.4) is 0 Å². The predicted molar refractivity (Wildman–Crippen MR) is 201 cm³/mol. The highest BCUT2D eigenvalue weighted by molar-refractivity contribution is 5.72. The van der Waals surface area contributed by atoms with Crippen molar-refractivity contribution in [1.82, 2.24) is 4.90 Å². The Morgan fingerprint density at radius 3 is 2.08 bits per heavy atom. The van der Waals surface area contributed by atoms with Crippen LogP contribution in [0.1, 0.15) is 63.0 Å². The second-order valence-corrected chi connectivity index (χ2v) is 13.4. The third kappa shape index (κ3) is 9.09. The molecule has 0 heterocycles. The van der Waals surface area contributed by atoms with Gasteiger partial charge < -0.3 is 14.6 Å². The van der Waals surface area contributed by atoms with Crippen LogP contribution < -0.4 is 4.74 Å². The third-order valence-corrected chi connectivity index (χ3v) is 9.96. The molecule has 0 amide bonds. The van der Waals surface area contributed by atoms with Gasteiger partial charge in [-0.3, -0.25) is 4.90 Å². The number of nitrogens with zero attached hydrogens (tertiary/aromatic N) is 1. The van der Waals surface area contributed by atoms with Crippen molar-refractivity contribution in [1.29, 1.82) is 0 Å². The van der Waals surface area contributed by atoms with E-state index in [1.165, 1.54) is 44.5 Å². The fourth-order valence-electron chi connectivity index (χ4n) is 7.30. The van der Waals surface area contributed by atoms with E-state index in [9.17, 15) is 9.90 Å². The van der Waals surface area contributed by atoms with Gasteiger partial charge in [-0.2, -0.15) is 0 Å². The van der Waals surface area contributed by atoms with Crippen molar-refractivity contribution in [3.05, 3.63) is 171 Å². The standard InChI is InChI=1S/C45H49NO4/c1-3-49-43(45(47)48)32-36-20-25-39(26-21-36)50-30-29-46(2)44-41-27-22-35(18-17-33-11-6-4-7-12-33)31-38(41)24-28-40-37(15-10-16-42(40)44)23-19-34-13-8-5-9-14-34/h4-16,20-22,25-27,31,43-44H,3,17-19,23-24,28-30,32H2,1-2H3,(H,47,48). The van der Waals surface area contributed by atoms with Gasteiger partial charge in [0, 0.05) is 19.6 Å². The van der Waals surface area contributed by atoms with Crippen molar-refractivity contribution in [2.24, 2.45) is 0 Å². The number of carboxylic acid groups (broad SMARTS) is 1. The van der Waals surface area contributed by atoms with Gasteiger partial charge in [-0.15, -0.1) is 0 Å². The number of benzene rings is 5. The van der Waals surface area contributed by atoms with E-state index in [2.05, 4.69) is 109 Å². The number of ether oxygens (including phenoxy) is 2. The largest absolute Gasteiger partial charge is 0.492 e. The van der Waals surface area contributed by atoms with Gasteiger partial charge in [0.15, 0.2) is 6.10 Å². The lowest BCUT2D eigenvalue weighted by atomic mass is 9.89. The lowest BCUT2D eigenvalue weighted by Gasteiger charge is -2.31. The summed E-state index contributed by atoms with van der Waals surface area (Å²) in [4.78, 5) is 14.0. The molecule has 258 valence electrons. The molecule has 50 heavy (non-hydrogen) atoms. The number of carbonyl (C=O) groups is 1. The average Bonchev–Trinajstić information content (AvgIpc) is 3.31. The van der Waals surface area contributed by atoms with Crippen molar-refractivity contribution in [3.8, 4) is 5.75 Å². The van der Waals surface area contributed by atoms with Crippen LogP contribution in [0.2, 0.25) is 0 Å². The number of aryl methyl sites for hydroxylation is 5. The topological polar surface area (TPSA) is 59.0 Å². The van der Waals surface area contributed by atoms with Crippen LogP contribution in [0.5, 0.6) is 5.75 Å². The molecule has 0 radical (unpaired) electrons. The first-order chi connectivity index (χ1) is 24.5. The molecule has 1 aliphatic rings. The van der Waals surface area contributed by atoms with Crippen LogP contribution in [0.25, 0.3) is 0 Å². The minimum Gasteiger partial charge on any atom is -0.492 e. The van der Waals surface area contributed by atoms with Crippen molar-refractivity contribution >= 4 is 5.97 Å². The van der Waals surface area contributed by atoms with E-state index >= 15 is 0 Å². The highest BCUT2D eigenvalue weighted by Crippen LogP contribution is 2.38. The molecule has 0 spiro atoms. The number of hydrogen-bond acceptors (Lipinski definition) is 4. The van der Waals surface area contributed by atoms with Crippen LogP contribution >= 0.6 is 0 Å². The summed E-state index contributed by atoms with van der Waals surface area (Å²) in [5.41, 5.74) is 12.2. The van der Waals surface area contributed by atoms with Gasteiger partial charge in [-0.25, -0.2) is 4.79 Å². The Labute approximate surface area is 297 Å². The highest BCUT2D eigenvalue weighted by Gasteiger charge is 2.28. The van der Waals surface area contributed by atoms with Gasteiger partial charge in [-0.1, -0.05) is 109 Å². The van der Waals surface area contributed by atoms with Crippen molar-refractivity contribution in [3.63, 3.8) is 0 Å². The molecule has 5 nitrogen and oxygen atoms in total. The van der Waals surface area contributed by atoms with Gasteiger partial charge in [0.1, 0.15) is 12.4 Å². The molecule has 1 N–H and O–H groups in total. The maximum atomic E-state index is 11.5. The molecule has 0 bridgehead atoms. The summed E-state index contributed by atoms with van der Waals surface area (Å²) in [7, 11) is 2.22. The Morgan fingerprint density at radius 2 is 1.40 bits per heavy atom. The highest BCUT2D eigenvalue weighted by atomic mass is 16.5. The summed E-state index contributed by atoms with van der Waals surface area (Å²) >= 11 is 0. The fraction of sp³-hybridized carbons (Fsp3) is 0.311. The van der Waals surface area contributed by atoms with Gasteiger partial charge in [0.25, 0.3) is 0 Å². The number of likely N-dealkylation sites (N-methyl/N-ethyl adjacent to an activating group) is 1. The molecule has 0 aliphatic heterocycles. The van der Waals surface area contributed by atoms with Crippen LogP contribution in [0.15, 0.2) is 121 Å². The molecule has 0 fully saturated rings. The zero-order valence-electron chi connectivity index (χ0n) is 29.4. The number of hydrogen-bond donors (Lipinski definition) is 1. The van der Waals surface area contributed by atoms with Crippen molar-refractivity contribution < 1.29 is 19.4 Å². The normalized spacial score (nSPS) is 14.4. The fourth-order valence-corrected chi connectivity index (χ4v) is 7.30. The van der Waals surface area contributed by atoms with E-state index < -0.39 is 12.1 Å². The molecule has 2 atom stereocenters. The van der Waals surface area contributed by atoms with Crippen LogP contribution in [0, 0.1) is 0 Å². The van der Waals surface area contributed by atoms with Gasteiger partial charge in [0.05, 0.1) is 6.04 Å². The van der Waals surface area contributed by atoms with Crippen LogP contribution in [-0.2, 0) is 54.5 Å². The van der Waals surface area contributed by atoms with Gasteiger partial charge in [-0.05, 0) is 115 Å². The first-order valence-corrected chi connectivity index (χ1v) is 18.0. The number of rotatable bonds is 16. The summed E-state index contributed by atoms with van der Waals surface area (Å²) < 4.78 is 11.6. The second kappa shape index (κ2) is 17.3. The first-order valence-electron chi connectivity index (χ1n) is 18.0. The molecule has 0 saturated carbocycles. The molecule has 0 aromatic heterocycles. The molecular formula is C45H49NO4. The van der Waals surface area contributed by atoms with Crippen molar-refractivity contribution in [2.75, 3.05) is 26.8 Å². The molecular weight excluding hydrogens is 618 g/mol. The minimum absolute atomic E-state index is 0.125. The third-order valence-electron chi connectivity index (χ3n) is 9.96. The van der Waals surface area contributed by atoms with E-state index in [4.69, 9.17) is 9.47 Å². The van der Waals surface area contributed by atoms with E-state index in [1.54, 1.807) is 0 Å². The van der Waals surface area contributed by atoms with Gasteiger partial charge in [0.2, 0.25) is 0 Å². The minimum atomic E-state index is -0.941. The molecule has 5 aromatic rings. The van der Waals surface area contributed by atoms with E-state index in [-0.39, 0.29) is 6.04 Å². The molecule has 5 heteroatoms. The quantitative estimate of drug-likeness (QED) is 0.114. The van der Waals surface area contributed by atoms with E-state index in [0.29, 0.717) is 19.6 Å². The summed E-state index contributed by atoms with van der Waals surface area (Å²) in [6.45, 7) is 3.47. The summed E-state index contributed by atoms with van der Waals surface area (Å²) in [5.74, 6) is -0.165. The Bertz CT molecular complexity index is 1820. The monoisotopic (exact) mass is 667 g/mol. The molecule has 6 rings (SSSR count). The number of fused-ring (bicyclic) bond motifs is 2. The Hall–Kier alpha value is -4.71. The van der Waals surface area contributed by atoms with Crippen LogP contribution in [-0.4, -0.2) is 48.9 Å². The lowest BCUT2D eigenvalue weighted by molar-refractivity contribution is -0.149. The Morgan fingerprint density at radius 1 is 0.740 bits per heavy atom. The SMILES string of the molecule is CCOC(Cc1ccc(OCCN(C)C2c3ccc(CCc4ccccc4)cc3CCc3c(CCc4ccccc4)cccc32)cc1)C(=O)O. The maximum Gasteiger partial charge on any atom is 0.333 e. The molecule has 2 unspecified atom stereocenters. The summed E-state index contributed by atoms with van der Waals surface area (Å²) in [6, 6.07) is 43.5. The molecule has 0 saturated heterocycles. The smallest absolute Gasteiger partial charge is 0.333 e.